The van der Waals surface area contributed by atoms with Gasteiger partial charge in [0.05, 0.1) is 6.10 Å². The maximum atomic E-state index is 12.0. The van der Waals surface area contributed by atoms with Crippen molar-refractivity contribution in [3.8, 4) is 0 Å². The van der Waals surface area contributed by atoms with E-state index < -0.39 is 12.6 Å². The van der Waals surface area contributed by atoms with Crippen LogP contribution in [0, 0.1) is 5.92 Å². The quantitative estimate of drug-likeness (QED) is 0.570. The SMILES string of the molecule is CC1OCCC1C(CCCC(F)(F)F)NN. The summed E-state index contributed by atoms with van der Waals surface area (Å²) in [5, 5.41) is 0. The number of hydrogen-bond donors (Lipinski definition) is 2. The first kappa shape index (κ1) is 13.7. The second-order valence-corrected chi connectivity index (χ2v) is 4.31. The number of nitrogens with two attached hydrogens (primary N) is 1. The molecular formula is C10H19F3N2O. The predicted octanol–water partition coefficient (Wildman–Crippen LogP) is 1.98. The Morgan fingerprint density at radius 1 is 1.50 bits per heavy atom. The van der Waals surface area contributed by atoms with Crippen molar-refractivity contribution in [1.29, 1.82) is 0 Å². The summed E-state index contributed by atoms with van der Waals surface area (Å²) in [5.74, 6) is 5.60. The van der Waals surface area contributed by atoms with Crippen LogP contribution < -0.4 is 11.3 Å². The summed E-state index contributed by atoms with van der Waals surface area (Å²) in [6, 6.07) is -0.0835. The second kappa shape index (κ2) is 5.84. The largest absolute Gasteiger partial charge is 0.389 e. The van der Waals surface area contributed by atoms with Crippen LogP contribution in [-0.2, 0) is 4.74 Å². The van der Waals surface area contributed by atoms with E-state index in [9.17, 15) is 13.2 Å². The minimum atomic E-state index is -4.07. The highest BCUT2D eigenvalue weighted by atomic mass is 19.4. The van der Waals surface area contributed by atoms with Crippen LogP contribution in [-0.4, -0.2) is 24.9 Å². The molecule has 0 aromatic carbocycles. The first-order valence-electron chi connectivity index (χ1n) is 5.58. The summed E-state index contributed by atoms with van der Waals surface area (Å²) in [7, 11) is 0. The van der Waals surface area contributed by atoms with Gasteiger partial charge in [-0.3, -0.25) is 11.3 Å². The van der Waals surface area contributed by atoms with Crippen molar-refractivity contribution in [3.05, 3.63) is 0 Å². The molecule has 1 heterocycles. The van der Waals surface area contributed by atoms with Crippen LogP contribution in [0.5, 0.6) is 0 Å². The molecule has 1 rings (SSSR count). The molecule has 3 N–H and O–H groups in total. The normalized spacial score (nSPS) is 28.3. The van der Waals surface area contributed by atoms with Gasteiger partial charge in [-0.25, -0.2) is 0 Å². The predicted molar refractivity (Wildman–Crippen MR) is 54.5 cm³/mol. The Morgan fingerprint density at radius 3 is 2.62 bits per heavy atom. The van der Waals surface area contributed by atoms with E-state index in [4.69, 9.17) is 10.6 Å². The third-order valence-corrected chi connectivity index (χ3v) is 3.14. The molecule has 0 radical (unpaired) electrons. The van der Waals surface area contributed by atoms with Crippen LogP contribution in [0.15, 0.2) is 0 Å². The number of rotatable bonds is 5. The molecule has 0 saturated carbocycles. The molecule has 0 aliphatic carbocycles. The molecule has 0 aromatic heterocycles. The van der Waals surface area contributed by atoms with Crippen molar-refractivity contribution < 1.29 is 17.9 Å². The van der Waals surface area contributed by atoms with Gasteiger partial charge in [0.15, 0.2) is 0 Å². The fraction of sp³-hybridized carbons (Fsp3) is 1.00. The number of alkyl halides is 3. The van der Waals surface area contributed by atoms with Crippen LogP contribution in [0.3, 0.4) is 0 Å². The Morgan fingerprint density at radius 2 is 2.19 bits per heavy atom. The van der Waals surface area contributed by atoms with E-state index in [1.54, 1.807) is 0 Å². The second-order valence-electron chi connectivity index (χ2n) is 4.31. The van der Waals surface area contributed by atoms with Crippen molar-refractivity contribution in [1.82, 2.24) is 5.43 Å². The number of nitrogens with one attached hydrogen (secondary N) is 1. The molecule has 3 unspecified atom stereocenters. The number of hydrogen-bond acceptors (Lipinski definition) is 3. The lowest BCUT2D eigenvalue weighted by Crippen LogP contribution is -2.43. The Balaban J connectivity index is 2.31. The first-order chi connectivity index (χ1) is 7.44. The molecule has 6 heteroatoms. The summed E-state index contributed by atoms with van der Waals surface area (Å²) in [4.78, 5) is 0. The maximum absolute atomic E-state index is 12.0. The van der Waals surface area contributed by atoms with Crippen LogP contribution >= 0.6 is 0 Å². The Bertz CT molecular complexity index is 211. The van der Waals surface area contributed by atoms with E-state index in [0.717, 1.165) is 6.42 Å². The monoisotopic (exact) mass is 240 g/mol. The standard InChI is InChI=1S/C10H19F3N2O/c1-7-8(4-6-16-7)9(15-14)3-2-5-10(11,12)13/h7-9,15H,2-6,14H2,1H3. The summed E-state index contributed by atoms with van der Waals surface area (Å²) >= 11 is 0. The van der Waals surface area contributed by atoms with Gasteiger partial charge < -0.3 is 4.74 Å². The Kier molecular flexibility index (Phi) is 5.01. The maximum Gasteiger partial charge on any atom is 0.389 e. The average Bonchev–Trinajstić information content (AvgIpc) is 2.58. The molecule has 3 atom stereocenters. The average molecular weight is 240 g/mol. The topological polar surface area (TPSA) is 47.3 Å². The molecule has 0 spiro atoms. The molecule has 3 nitrogen and oxygen atoms in total. The van der Waals surface area contributed by atoms with Gasteiger partial charge in [0.1, 0.15) is 0 Å². The first-order valence-corrected chi connectivity index (χ1v) is 5.58. The summed E-state index contributed by atoms with van der Waals surface area (Å²) < 4.78 is 41.3. The van der Waals surface area contributed by atoms with E-state index in [1.807, 2.05) is 6.92 Å². The summed E-state index contributed by atoms with van der Waals surface area (Å²) in [5.41, 5.74) is 2.61. The molecule has 0 amide bonds. The van der Waals surface area contributed by atoms with Crippen LogP contribution in [0.25, 0.3) is 0 Å². The number of hydrazine groups is 1. The van der Waals surface area contributed by atoms with Gasteiger partial charge in [0.2, 0.25) is 0 Å². The molecule has 1 fully saturated rings. The zero-order valence-electron chi connectivity index (χ0n) is 9.39. The lowest BCUT2D eigenvalue weighted by atomic mass is 9.90. The van der Waals surface area contributed by atoms with Crippen molar-refractivity contribution >= 4 is 0 Å². The summed E-state index contributed by atoms with van der Waals surface area (Å²) in [6.45, 7) is 2.61. The van der Waals surface area contributed by atoms with Gasteiger partial charge in [-0.1, -0.05) is 0 Å². The van der Waals surface area contributed by atoms with E-state index in [2.05, 4.69) is 5.43 Å². The molecule has 96 valence electrons. The van der Waals surface area contributed by atoms with E-state index in [-0.39, 0.29) is 24.5 Å². The molecule has 1 saturated heterocycles. The molecule has 0 aromatic rings. The van der Waals surface area contributed by atoms with E-state index in [0.29, 0.717) is 13.0 Å². The molecule has 1 aliphatic rings. The van der Waals surface area contributed by atoms with Gasteiger partial charge in [-0.05, 0) is 26.2 Å². The smallest absolute Gasteiger partial charge is 0.378 e. The van der Waals surface area contributed by atoms with Gasteiger partial charge >= 0.3 is 6.18 Å². The summed E-state index contributed by atoms with van der Waals surface area (Å²) in [6.07, 6.45) is -3.32. The molecule has 16 heavy (non-hydrogen) atoms. The number of ether oxygens (including phenoxy) is 1. The lowest BCUT2D eigenvalue weighted by molar-refractivity contribution is -0.136. The lowest BCUT2D eigenvalue weighted by Gasteiger charge is -2.25. The van der Waals surface area contributed by atoms with Crippen LogP contribution in [0.2, 0.25) is 0 Å². The van der Waals surface area contributed by atoms with Crippen molar-refractivity contribution in [2.24, 2.45) is 11.8 Å². The van der Waals surface area contributed by atoms with Crippen molar-refractivity contribution in [2.75, 3.05) is 6.61 Å². The van der Waals surface area contributed by atoms with Crippen molar-refractivity contribution in [3.63, 3.8) is 0 Å². The molecule has 1 aliphatic heterocycles. The third-order valence-electron chi connectivity index (χ3n) is 3.14. The number of halogens is 3. The highest BCUT2D eigenvalue weighted by Crippen LogP contribution is 2.28. The van der Waals surface area contributed by atoms with Crippen molar-refractivity contribution in [2.45, 2.75) is 50.9 Å². The van der Waals surface area contributed by atoms with Gasteiger partial charge in [0, 0.05) is 25.0 Å². The van der Waals surface area contributed by atoms with Gasteiger partial charge in [-0.15, -0.1) is 0 Å². The van der Waals surface area contributed by atoms with Crippen LogP contribution in [0.1, 0.15) is 32.6 Å². The minimum absolute atomic E-state index is 0.0759. The highest BCUT2D eigenvalue weighted by molar-refractivity contribution is 4.83. The zero-order chi connectivity index (χ0) is 12.2. The Labute approximate surface area is 93.5 Å². The zero-order valence-corrected chi connectivity index (χ0v) is 9.39. The van der Waals surface area contributed by atoms with Gasteiger partial charge in [-0.2, -0.15) is 13.2 Å². The molecular weight excluding hydrogens is 221 g/mol. The fourth-order valence-electron chi connectivity index (χ4n) is 2.22. The fourth-order valence-corrected chi connectivity index (χ4v) is 2.22. The minimum Gasteiger partial charge on any atom is -0.378 e. The van der Waals surface area contributed by atoms with Crippen LogP contribution in [0.4, 0.5) is 13.2 Å². The highest BCUT2D eigenvalue weighted by Gasteiger charge is 2.32. The molecule has 0 bridgehead atoms. The third kappa shape index (κ3) is 4.27. The van der Waals surface area contributed by atoms with E-state index >= 15 is 0 Å². The van der Waals surface area contributed by atoms with Gasteiger partial charge in [0.25, 0.3) is 0 Å². The van der Waals surface area contributed by atoms with E-state index in [1.165, 1.54) is 0 Å². The Hall–Kier alpha value is -0.330.